The maximum Gasteiger partial charge on any atom is 0.348 e. The Labute approximate surface area is 155 Å². The molecular weight excluding hydrogens is 356 g/mol. The van der Waals surface area contributed by atoms with E-state index in [1.165, 1.54) is 10.9 Å². The lowest BCUT2D eigenvalue weighted by Crippen LogP contribution is -2.31. The second-order valence-corrected chi connectivity index (χ2v) is 7.36. The fourth-order valence-electron chi connectivity index (χ4n) is 2.57. The molecule has 26 heavy (non-hydrogen) atoms. The Kier molecular flexibility index (Phi) is 6.52. The molecule has 142 valence electrons. The molecule has 0 spiro atoms. The molecule has 2 aromatic heterocycles. The highest BCUT2D eigenvalue weighted by Crippen LogP contribution is 2.28. The Morgan fingerprint density at radius 1 is 1.27 bits per heavy atom. The van der Waals surface area contributed by atoms with Gasteiger partial charge in [0.2, 0.25) is 0 Å². The maximum atomic E-state index is 13.0. The van der Waals surface area contributed by atoms with E-state index in [4.69, 9.17) is 9.47 Å². The molecule has 2 aromatic rings. The molecule has 0 unspecified atom stereocenters. The molecule has 0 aliphatic heterocycles. The molecule has 0 fully saturated rings. The molecule has 7 nitrogen and oxygen atoms in total. The van der Waals surface area contributed by atoms with E-state index in [0.29, 0.717) is 33.7 Å². The minimum absolute atomic E-state index is 0.208. The quantitative estimate of drug-likeness (QED) is 0.686. The molecule has 2 heterocycles. The minimum atomic E-state index is -0.747. The van der Waals surface area contributed by atoms with Crippen LogP contribution < -0.4 is 5.56 Å². The molecule has 2 rings (SSSR count). The Morgan fingerprint density at radius 2 is 1.96 bits per heavy atom. The van der Waals surface area contributed by atoms with E-state index >= 15 is 0 Å². The number of thiophene rings is 1. The van der Waals surface area contributed by atoms with E-state index in [1.807, 2.05) is 20.8 Å². The third-order valence-corrected chi connectivity index (χ3v) is 5.07. The summed E-state index contributed by atoms with van der Waals surface area (Å²) in [6.45, 7) is 9.66. The molecule has 0 saturated heterocycles. The molecule has 0 bridgehead atoms. The molecule has 0 aliphatic carbocycles. The number of carbonyl (C=O) groups is 2. The fraction of sp³-hybridized carbons (Fsp3) is 0.556. The van der Waals surface area contributed by atoms with Crippen molar-refractivity contribution in [3.8, 4) is 0 Å². The number of carbonyl (C=O) groups excluding carboxylic acids is 2. The van der Waals surface area contributed by atoms with Crippen molar-refractivity contribution in [2.24, 2.45) is 5.92 Å². The van der Waals surface area contributed by atoms with Crippen LogP contribution in [-0.2, 0) is 14.3 Å². The van der Waals surface area contributed by atoms with Gasteiger partial charge in [0.1, 0.15) is 15.7 Å². The van der Waals surface area contributed by atoms with Crippen molar-refractivity contribution in [3.63, 3.8) is 0 Å². The summed E-state index contributed by atoms with van der Waals surface area (Å²) in [4.78, 5) is 42.5. The van der Waals surface area contributed by atoms with Gasteiger partial charge in [-0.3, -0.25) is 9.36 Å². The lowest BCUT2D eigenvalue weighted by atomic mass is 10.2. The summed E-state index contributed by atoms with van der Waals surface area (Å²) < 4.78 is 11.6. The molecule has 0 amide bonds. The van der Waals surface area contributed by atoms with Crippen LogP contribution in [0.15, 0.2) is 11.1 Å². The van der Waals surface area contributed by atoms with Crippen molar-refractivity contribution in [2.45, 2.75) is 47.1 Å². The zero-order valence-corrected chi connectivity index (χ0v) is 16.5. The average Bonchev–Trinajstić information content (AvgIpc) is 2.93. The number of aromatic nitrogens is 2. The second kappa shape index (κ2) is 8.44. The van der Waals surface area contributed by atoms with E-state index in [-0.39, 0.29) is 18.1 Å². The normalized spacial score (nSPS) is 12.4. The average molecular weight is 380 g/mol. The number of aryl methyl sites for hydroxylation is 1. The van der Waals surface area contributed by atoms with Gasteiger partial charge in [0, 0.05) is 0 Å². The first kappa shape index (κ1) is 20.1. The van der Waals surface area contributed by atoms with Crippen LogP contribution in [0.4, 0.5) is 0 Å². The highest BCUT2D eigenvalue weighted by atomic mass is 32.1. The zero-order chi connectivity index (χ0) is 19.4. The summed E-state index contributed by atoms with van der Waals surface area (Å²) in [7, 11) is 0. The van der Waals surface area contributed by atoms with Crippen molar-refractivity contribution in [2.75, 3.05) is 13.2 Å². The van der Waals surface area contributed by atoms with E-state index in [2.05, 4.69) is 4.98 Å². The predicted octanol–water partition coefficient (Wildman–Crippen LogP) is 3.09. The van der Waals surface area contributed by atoms with Gasteiger partial charge in [-0.05, 0) is 31.7 Å². The van der Waals surface area contributed by atoms with Crippen LogP contribution in [0.3, 0.4) is 0 Å². The van der Waals surface area contributed by atoms with Gasteiger partial charge in [-0.15, -0.1) is 11.3 Å². The number of ether oxygens (including phenoxy) is 2. The lowest BCUT2D eigenvalue weighted by molar-refractivity contribution is -0.149. The van der Waals surface area contributed by atoms with Gasteiger partial charge in [-0.1, -0.05) is 20.8 Å². The van der Waals surface area contributed by atoms with Crippen molar-refractivity contribution in [1.29, 1.82) is 0 Å². The summed E-state index contributed by atoms with van der Waals surface area (Å²) in [5.74, 6) is -0.717. The smallest absolute Gasteiger partial charge is 0.348 e. The number of rotatable bonds is 7. The molecule has 0 radical (unpaired) electrons. The maximum absolute atomic E-state index is 13.0. The number of esters is 2. The number of hydrogen-bond donors (Lipinski definition) is 0. The van der Waals surface area contributed by atoms with Crippen LogP contribution >= 0.6 is 11.3 Å². The highest BCUT2D eigenvalue weighted by molar-refractivity contribution is 7.20. The van der Waals surface area contributed by atoms with Crippen molar-refractivity contribution in [3.05, 3.63) is 27.1 Å². The summed E-state index contributed by atoms with van der Waals surface area (Å²) >= 11 is 1.12. The molecule has 0 N–H and O–H groups in total. The number of fused-ring (bicyclic) bond motifs is 1. The van der Waals surface area contributed by atoms with Gasteiger partial charge in [0.15, 0.2) is 0 Å². The minimum Gasteiger partial charge on any atom is -0.464 e. The van der Waals surface area contributed by atoms with E-state index in [1.54, 1.807) is 13.8 Å². The van der Waals surface area contributed by atoms with Crippen LogP contribution in [0.25, 0.3) is 10.2 Å². The molecule has 0 saturated carbocycles. The van der Waals surface area contributed by atoms with Crippen molar-refractivity contribution < 1.29 is 19.1 Å². The topological polar surface area (TPSA) is 87.5 Å². The Balaban J connectivity index is 2.47. The summed E-state index contributed by atoms with van der Waals surface area (Å²) in [5.41, 5.74) is 0.174. The lowest BCUT2D eigenvalue weighted by Gasteiger charge is -2.17. The third-order valence-electron chi connectivity index (χ3n) is 3.89. The van der Waals surface area contributed by atoms with Crippen LogP contribution in [0.5, 0.6) is 0 Å². The molecule has 0 aliphatic rings. The van der Waals surface area contributed by atoms with E-state index < -0.39 is 18.0 Å². The van der Waals surface area contributed by atoms with Gasteiger partial charge in [-0.25, -0.2) is 14.6 Å². The van der Waals surface area contributed by atoms with Crippen LogP contribution in [0.1, 0.15) is 55.4 Å². The molecule has 8 heteroatoms. The van der Waals surface area contributed by atoms with Gasteiger partial charge < -0.3 is 9.47 Å². The van der Waals surface area contributed by atoms with Crippen molar-refractivity contribution in [1.82, 2.24) is 9.55 Å². The Morgan fingerprint density at radius 3 is 2.54 bits per heavy atom. The largest absolute Gasteiger partial charge is 0.464 e. The predicted molar refractivity (Wildman–Crippen MR) is 99.7 cm³/mol. The first-order valence-corrected chi connectivity index (χ1v) is 9.47. The number of hydrogen-bond acceptors (Lipinski definition) is 7. The SMILES string of the molecule is CCOC(=O)c1sc2ncn([C@@H](CC)C(=O)OCC(C)C)c(=O)c2c1C. The summed E-state index contributed by atoms with van der Waals surface area (Å²) in [5, 5.41) is 0.343. The van der Waals surface area contributed by atoms with Crippen LogP contribution in [0.2, 0.25) is 0 Å². The van der Waals surface area contributed by atoms with Crippen LogP contribution in [0, 0.1) is 12.8 Å². The van der Waals surface area contributed by atoms with Gasteiger partial charge >= 0.3 is 11.9 Å². The summed E-state index contributed by atoms with van der Waals surface area (Å²) in [6.07, 6.45) is 1.75. The zero-order valence-electron chi connectivity index (χ0n) is 15.7. The molecular formula is C18H24N2O5S. The second-order valence-electron chi connectivity index (χ2n) is 6.36. The number of nitrogens with zero attached hydrogens (tertiary/aromatic N) is 2. The monoisotopic (exact) mass is 380 g/mol. The molecule has 0 aromatic carbocycles. The third kappa shape index (κ3) is 3.95. The van der Waals surface area contributed by atoms with E-state index in [9.17, 15) is 14.4 Å². The fourth-order valence-corrected chi connectivity index (χ4v) is 3.61. The summed E-state index contributed by atoms with van der Waals surface area (Å²) in [6, 6.07) is -0.747. The van der Waals surface area contributed by atoms with Crippen LogP contribution in [-0.4, -0.2) is 34.7 Å². The van der Waals surface area contributed by atoms with Gasteiger partial charge in [0.25, 0.3) is 5.56 Å². The molecule has 1 atom stereocenters. The first-order chi connectivity index (χ1) is 12.3. The Bertz CT molecular complexity index is 868. The first-order valence-electron chi connectivity index (χ1n) is 8.65. The van der Waals surface area contributed by atoms with Gasteiger partial charge in [0.05, 0.1) is 24.9 Å². The van der Waals surface area contributed by atoms with Crippen molar-refractivity contribution >= 4 is 33.5 Å². The standard InChI is InChI=1S/C18H24N2O5S/c1-6-12(17(22)25-8-10(3)4)20-9-19-15-13(16(20)21)11(5)14(26-15)18(23)24-7-2/h9-10,12H,6-8H2,1-5H3/t12-/m0/s1. The Hall–Kier alpha value is -2.22. The highest BCUT2D eigenvalue weighted by Gasteiger charge is 2.25. The van der Waals surface area contributed by atoms with Gasteiger partial charge in [-0.2, -0.15) is 0 Å². The van der Waals surface area contributed by atoms with E-state index in [0.717, 1.165) is 11.3 Å².